The molecule has 3 aromatic rings. The quantitative estimate of drug-likeness (QED) is 0.672. The summed E-state index contributed by atoms with van der Waals surface area (Å²) in [4.78, 5) is 3.16. The van der Waals surface area contributed by atoms with E-state index >= 15 is 0 Å². The largest absolute Gasteiger partial charge is 0.481 e. The highest BCUT2D eigenvalue weighted by Crippen LogP contribution is 2.34. The van der Waals surface area contributed by atoms with Crippen LogP contribution in [0.2, 0.25) is 0 Å². The lowest BCUT2D eigenvalue weighted by Crippen LogP contribution is -2.35. The maximum absolute atomic E-state index is 10.8. The fourth-order valence-electron chi connectivity index (χ4n) is 2.78. The molecule has 0 saturated carbocycles. The molecule has 0 spiro atoms. The van der Waals surface area contributed by atoms with E-state index in [2.05, 4.69) is 17.1 Å². The molecule has 0 fully saturated rings. The van der Waals surface area contributed by atoms with Crippen molar-refractivity contribution in [2.75, 3.05) is 0 Å². The number of hydrogen-bond acceptors (Lipinski definition) is 2. The minimum Gasteiger partial charge on any atom is -0.481 e. The van der Waals surface area contributed by atoms with Crippen molar-refractivity contribution >= 4 is 0 Å². The first-order valence-corrected chi connectivity index (χ1v) is 8.58. The molecule has 2 atom stereocenters. The van der Waals surface area contributed by atoms with Gasteiger partial charge in [0.15, 0.2) is 6.10 Å². The van der Waals surface area contributed by atoms with Crippen molar-refractivity contribution in [3.8, 4) is 16.9 Å². The van der Waals surface area contributed by atoms with Gasteiger partial charge >= 0.3 is 0 Å². The second kappa shape index (κ2) is 7.16. The highest BCUT2D eigenvalue weighted by molar-refractivity contribution is 5.63. The molecular weight excluding hydrogens is 310 g/mol. The molecule has 25 heavy (non-hydrogen) atoms. The molecule has 3 rings (SSSR count). The van der Waals surface area contributed by atoms with Crippen LogP contribution in [0.25, 0.3) is 11.1 Å². The summed E-state index contributed by atoms with van der Waals surface area (Å²) in [5.74, 6) is 0.739. The number of hydrogen-bond donors (Lipinski definition) is 2. The van der Waals surface area contributed by atoms with Crippen LogP contribution < -0.4 is 4.74 Å². The van der Waals surface area contributed by atoms with E-state index in [1.54, 1.807) is 0 Å². The van der Waals surface area contributed by atoms with Crippen LogP contribution in [-0.4, -0.2) is 16.2 Å². The number of H-pyrrole nitrogens is 1. The van der Waals surface area contributed by atoms with Gasteiger partial charge in [0.25, 0.3) is 0 Å². The summed E-state index contributed by atoms with van der Waals surface area (Å²) >= 11 is 0. The number of aliphatic hydroxyl groups excluding tert-OH is 1. The Morgan fingerprint density at radius 1 is 0.840 bits per heavy atom. The van der Waals surface area contributed by atoms with Crippen LogP contribution in [0.5, 0.6) is 5.75 Å². The van der Waals surface area contributed by atoms with Gasteiger partial charge < -0.3 is 14.8 Å². The van der Waals surface area contributed by atoms with Crippen molar-refractivity contribution in [1.29, 1.82) is 0 Å². The average molecular weight is 335 g/mol. The van der Waals surface area contributed by atoms with Gasteiger partial charge in [0.05, 0.1) is 5.69 Å². The van der Waals surface area contributed by atoms with E-state index in [-0.39, 0.29) is 5.41 Å². The number of rotatable bonds is 5. The van der Waals surface area contributed by atoms with Gasteiger partial charge in [-0.1, -0.05) is 63.2 Å². The third kappa shape index (κ3) is 4.12. The molecule has 0 aliphatic carbocycles. The van der Waals surface area contributed by atoms with E-state index in [0.29, 0.717) is 0 Å². The van der Waals surface area contributed by atoms with Gasteiger partial charge in [0.2, 0.25) is 0 Å². The van der Waals surface area contributed by atoms with Crippen molar-refractivity contribution in [2.24, 2.45) is 5.41 Å². The van der Waals surface area contributed by atoms with Crippen LogP contribution in [0.3, 0.4) is 0 Å². The topological polar surface area (TPSA) is 45.2 Å². The van der Waals surface area contributed by atoms with E-state index in [4.69, 9.17) is 4.74 Å². The number of ether oxygens (including phenoxy) is 1. The van der Waals surface area contributed by atoms with Crippen LogP contribution in [0.4, 0.5) is 0 Å². The normalized spacial score (nSPS) is 14.1. The average Bonchev–Trinajstić information content (AvgIpc) is 3.14. The molecular formula is C22H25NO2. The molecule has 2 N–H and O–H groups in total. The number of aromatic nitrogens is 1. The summed E-state index contributed by atoms with van der Waals surface area (Å²) in [7, 11) is 0. The van der Waals surface area contributed by atoms with Crippen LogP contribution in [-0.2, 0) is 0 Å². The maximum atomic E-state index is 10.8. The van der Waals surface area contributed by atoms with E-state index in [1.807, 2.05) is 81.6 Å². The molecule has 0 aliphatic heterocycles. The first-order chi connectivity index (χ1) is 11.9. The van der Waals surface area contributed by atoms with Gasteiger partial charge in [-0.3, -0.25) is 0 Å². The summed E-state index contributed by atoms with van der Waals surface area (Å²) in [5, 5.41) is 10.8. The Balaban J connectivity index is 1.83. The first-order valence-electron chi connectivity index (χ1n) is 8.58. The Morgan fingerprint density at radius 2 is 1.48 bits per heavy atom. The molecule has 0 radical (unpaired) electrons. The van der Waals surface area contributed by atoms with Gasteiger partial charge in [-0.2, -0.15) is 0 Å². The van der Waals surface area contributed by atoms with Gasteiger partial charge in [-0.15, -0.1) is 0 Å². The highest BCUT2D eigenvalue weighted by Gasteiger charge is 2.33. The minimum atomic E-state index is -0.639. The predicted octanol–water partition coefficient (Wildman–Crippen LogP) is 5.21. The molecule has 0 amide bonds. The SMILES string of the molecule is CC(C)(C)C(O)C(Oc1ccc(-c2ccccc2)cc1)c1ccc[nH]1. The fourth-order valence-corrected chi connectivity index (χ4v) is 2.78. The van der Waals surface area contributed by atoms with E-state index < -0.39 is 12.2 Å². The lowest BCUT2D eigenvalue weighted by atomic mass is 9.85. The van der Waals surface area contributed by atoms with Gasteiger partial charge in [-0.05, 0) is 40.8 Å². The number of aliphatic hydroxyl groups is 1. The molecule has 3 nitrogen and oxygen atoms in total. The van der Waals surface area contributed by atoms with Gasteiger partial charge in [0.1, 0.15) is 11.9 Å². The molecule has 2 aromatic carbocycles. The van der Waals surface area contributed by atoms with Gasteiger partial charge in [-0.25, -0.2) is 0 Å². The second-order valence-corrected chi connectivity index (χ2v) is 7.37. The Bertz CT molecular complexity index is 771. The molecule has 2 unspecified atom stereocenters. The van der Waals surface area contributed by atoms with Crippen LogP contribution >= 0.6 is 0 Å². The first kappa shape index (κ1) is 17.3. The molecule has 0 aliphatic rings. The Labute approximate surface area is 149 Å². The Morgan fingerprint density at radius 3 is 2.04 bits per heavy atom. The van der Waals surface area contributed by atoms with Crippen molar-refractivity contribution in [3.63, 3.8) is 0 Å². The molecule has 0 bridgehead atoms. The van der Waals surface area contributed by atoms with Crippen molar-refractivity contribution < 1.29 is 9.84 Å². The lowest BCUT2D eigenvalue weighted by molar-refractivity contribution is -0.0348. The maximum Gasteiger partial charge on any atom is 0.165 e. The number of aromatic amines is 1. The zero-order valence-corrected chi connectivity index (χ0v) is 14.9. The van der Waals surface area contributed by atoms with Crippen LogP contribution in [0.15, 0.2) is 72.9 Å². The highest BCUT2D eigenvalue weighted by atomic mass is 16.5. The summed E-state index contributed by atoms with van der Waals surface area (Å²) in [6.07, 6.45) is 0.761. The summed E-state index contributed by atoms with van der Waals surface area (Å²) < 4.78 is 6.16. The van der Waals surface area contributed by atoms with Crippen LogP contribution in [0, 0.1) is 5.41 Å². The fraction of sp³-hybridized carbons (Fsp3) is 0.273. The standard InChI is InChI=1S/C22H25NO2/c1-22(2,3)21(24)20(19-10-7-15-23-19)25-18-13-11-17(12-14-18)16-8-5-4-6-9-16/h4-15,20-21,23-24H,1-3H3. The third-order valence-corrected chi connectivity index (χ3v) is 4.33. The number of benzene rings is 2. The van der Waals surface area contributed by atoms with Gasteiger partial charge in [0, 0.05) is 6.20 Å². The van der Waals surface area contributed by atoms with Crippen LogP contribution in [0.1, 0.15) is 32.6 Å². The van der Waals surface area contributed by atoms with Crippen molar-refractivity contribution in [1.82, 2.24) is 4.98 Å². The molecule has 0 saturated heterocycles. The summed E-state index contributed by atoms with van der Waals surface area (Å²) in [6.45, 7) is 6.03. The second-order valence-electron chi connectivity index (χ2n) is 7.37. The smallest absolute Gasteiger partial charge is 0.165 e. The minimum absolute atomic E-state index is 0.292. The van der Waals surface area contributed by atoms with E-state index in [9.17, 15) is 5.11 Å². The summed E-state index contributed by atoms with van der Waals surface area (Å²) in [5.41, 5.74) is 2.89. The molecule has 130 valence electrons. The zero-order valence-electron chi connectivity index (χ0n) is 14.9. The third-order valence-electron chi connectivity index (χ3n) is 4.33. The van der Waals surface area contributed by atoms with E-state index in [1.165, 1.54) is 5.56 Å². The van der Waals surface area contributed by atoms with Crippen molar-refractivity contribution in [3.05, 3.63) is 78.6 Å². The molecule has 1 heterocycles. The number of nitrogens with one attached hydrogen (secondary N) is 1. The zero-order chi connectivity index (χ0) is 17.9. The van der Waals surface area contributed by atoms with E-state index in [0.717, 1.165) is 17.0 Å². The Kier molecular flexibility index (Phi) is 4.95. The molecule has 1 aromatic heterocycles. The lowest BCUT2D eigenvalue weighted by Gasteiger charge is -2.32. The molecule has 3 heteroatoms. The monoisotopic (exact) mass is 335 g/mol. The van der Waals surface area contributed by atoms with Crippen molar-refractivity contribution in [2.45, 2.75) is 33.0 Å². The predicted molar refractivity (Wildman–Crippen MR) is 102 cm³/mol. The summed E-state index contributed by atoms with van der Waals surface area (Å²) in [6, 6.07) is 22.1. The Hall–Kier alpha value is -2.52.